The highest BCUT2D eigenvalue weighted by Crippen LogP contribution is 2.40. The predicted molar refractivity (Wildman–Crippen MR) is 135 cm³/mol. The number of furan rings is 1. The zero-order chi connectivity index (χ0) is 24.2. The minimum Gasteiger partial charge on any atom is -0.493 e. The van der Waals surface area contributed by atoms with E-state index >= 15 is 0 Å². The molecule has 1 saturated heterocycles. The zero-order valence-corrected chi connectivity index (χ0v) is 20.6. The number of carbonyl (C=O) groups excluding carboxylic acids is 1. The molecule has 0 aliphatic carbocycles. The van der Waals surface area contributed by atoms with Crippen LogP contribution in [0.3, 0.4) is 0 Å². The van der Waals surface area contributed by atoms with Gasteiger partial charge in [0.1, 0.15) is 11.3 Å². The second-order valence-electron chi connectivity index (χ2n) is 8.83. The summed E-state index contributed by atoms with van der Waals surface area (Å²) in [5, 5.41) is 0.942. The molecule has 2 aromatic carbocycles. The van der Waals surface area contributed by atoms with Crippen molar-refractivity contribution in [3.05, 3.63) is 48.2 Å². The standard InChI is InChI=1S/C28H33NO5/c1-6-33-25-16-26-22(23(17-34-26)20-7-8-24(31-4)27(14-20)32-5)15-21(25)19(3)13-28(30)29-11-9-18(2)10-12-29/h7-8,13-18H,6,9-12H2,1-5H3/b19-13+. The van der Waals surface area contributed by atoms with Crippen LogP contribution in [0, 0.1) is 5.92 Å². The van der Waals surface area contributed by atoms with Gasteiger partial charge in [0.05, 0.1) is 27.1 Å². The van der Waals surface area contributed by atoms with Gasteiger partial charge in [0.15, 0.2) is 11.5 Å². The summed E-state index contributed by atoms with van der Waals surface area (Å²) in [5.74, 6) is 2.76. The van der Waals surface area contributed by atoms with Crippen LogP contribution in [0.15, 0.2) is 47.1 Å². The van der Waals surface area contributed by atoms with E-state index in [2.05, 4.69) is 6.92 Å². The number of carbonyl (C=O) groups is 1. The fourth-order valence-electron chi connectivity index (χ4n) is 4.45. The Morgan fingerprint density at radius 1 is 1.09 bits per heavy atom. The van der Waals surface area contributed by atoms with Gasteiger partial charge in [-0.3, -0.25) is 4.79 Å². The third kappa shape index (κ3) is 4.76. The minimum atomic E-state index is 0.0549. The average Bonchev–Trinajstić information content (AvgIpc) is 3.26. The third-order valence-electron chi connectivity index (χ3n) is 6.53. The number of amides is 1. The Balaban J connectivity index is 1.74. The normalized spacial score (nSPS) is 15.0. The molecule has 6 heteroatoms. The molecule has 0 unspecified atom stereocenters. The smallest absolute Gasteiger partial charge is 0.246 e. The van der Waals surface area contributed by atoms with Crippen LogP contribution in [0.1, 0.15) is 39.2 Å². The summed E-state index contributed by atoms with van der Waals surface area (Å²) >= 11 is 0. The number of fused-ring (bicyclic) bond motifs is 1. The van der Waals surface area contributed by atoms with Gasteiger partial charge in [-0.1, -0.05) is 13.0 Å². The highest BCUT2D eigenvalue weighted by Gasteiger charge is 2.20. The molecule has 1 aromatic heterocycles. The Morgan fingerprint density at radius 3 is 2.50 bits per heavy atom. The van der Waals surface area contributed by atoms with Crippen molar-refractivity contribution in [3.8, 4) is 28.4 Å². The molecule has 0 bridgehead atoms. The number of ether oxygens (including phenoxy) is 3. The summed E-state index contributed by atoms with van der Waals surface area (Å²) in [6.45, 7) is 8.30. The molecule has 2 heterocycles. The highest BCUT2D eigenvalue weighted by molar-refractivity contribution is 6.00. The molecule has 3 aromatic rings. The third-order valence-corrected chi connectivity index (χ3v) is 6.53. The van der Waals surface area contributed by atoms with E-state index in [4.69, 9.17) is 18.6 Å². The van der Waals surface area contributed by atoms with Crippen LogP contribution >= 0.6 is 0 Å². The predicted octanol–water partition coefficient (Wildman–Crippen LogP) is 6.18. The molecule has 0 N–H and O–H groups in total. The Hall–Kier alpha value is -3.41. The molecule has 1 aliphatic rings. The van der Waals surface area contributed by atoms with Gasteiger partial charge < -0.3 is 23.5 Å². The highest BCUT2D eigenvalue weighted by atomic mass is 16.5. The molecular weight excluding hydrogens is 430 g/mol. The van der Waals surface area contributed by atoms with Crippen molar-refractivity contribution in [3.63, 3.8) is 0 Å². The van der Waals surface area contributed by atoms with Crippen molar-refractivity contribution in [2.75, 3.05) is 33.9 Å². The quantitative estimate of drug-likeness (QED) is 0.392. The van der Waals surface area contributed by atoms with E-state index in [1.807, 2.05) is 49.1 Å². The molecule has 34 heavy (non-hydrogen) atoms. The molecule has 6 nitrogen and oxygen atoms in total. The summed E-state index contributed by atoms with van der Waals surface area (Å²) in [6.07, 6.45) is 5.58. The van der Waals surface area contributed by atoms with Crippen molar-refractivity contribution >= 4 is 22.4 Å². The van der Waals surface area contributed by atoms with Gasteiger partial charge in [-0.25, -0.2) is 0 Å². The monoisotopic (exact) mass is 463 g/mol. The Morgan fingerprint density at radius 2 is 1.82 bits per heavy atom. The Bertz CT molecular complexity index is 1200. The number of hydrogen-bond donors (Lipinski definition) is 0. The molecule has 0 radical (unpaired) electrons. The summed E-state index contributed by atoms with van der Waals surface area (Å²) in [4.78, 5) is 14.9. The lowest BCUT2D eigenvalue weighted by Gasteiger charge is -2.29. The first-order chi connectivity index (χ1) is 16.4. The van der Waals surface area contributed by atoms with E-state index in [-0.39, 0.29) is 5.91 Å². The average molecular weight is 464 g/mol. The van der Waals surface area contributed by atoms with Crippen molar-refractivity contribution in [2.45, 2.75) is 33.6 Å². The number of methoxy groups -OCH3 is 2. The van der Waals surface area contributed by atoms with Gasteiger partial charge in [0, 0.05) is 41.7 Å². The summed E-state index contributed by atoms with van der Waals surface area (Å²) in [5.41, 5.74) is 4.36. The van der Waals surface area contributed by atoms with Gasteiger partial charge in [0.2, 0.25) is 5.91 Å². The maximum atomic E-state index is 13.0. The molecule has 1 aliphatic heterocycles. The van der Waals surface area contributed by atoms with Crippen molar-refractivity contribution in [1.82, 2.24) is 4.90 Å². The van der Waals surface area contributed by atoms with Crippen LogP contribution in [0.2, 0.25) is 0 Å². The van der Waals surface area contributed by atoms with E-state index in [9.17, 15) is 4.79 Å². The molecule has 1 amide bonds. The Labute approximate surface area is 201 Å². The fraction of sp³-hybridized carbons (Fsp3) is 0.393. The lowest BCUT2D eigenvalue weighted by molar-refractivity contribution is -0.127. The topological polar surface area (TPSA) is 61.1 Å². The number of benzene rings is 2. The van der Waals surface area contributed by atoms with E-state index in [1.54, 1.807) is 26.6 Å². The molecule has 0 atom stereocenters. The number of piperidine rings is 1. The summed E-state index contributed by atoms with van der Waals surface area (Å²) in [7, 11) is 3.24. The van der Waals surface area contributed by atoms with Crippen LogP contribution in [-0.2, 0) is 4.79 Å². The zero-order valence-electron chi connectivity index (χ0n) is 20.6. The number of allylic oxidation sites excluding steroid dienone is 1. The van der Waals surface area contributed by atoms with Crippen molar-refractivity contribution < 1.29 is 23.4 Å². The van der Waals surface area contributed by atoms with Gasteiger partial charge in [0.25, 0.3) is 0 Å². The van der Waals surface area contributed by atoms with Crippen LogP contribution < -0.4 is 14.2 Å². The summed E-state index contributed by atoms with van der Waals surface area (Å²) < 4.78 is 22.7. The lowest BCUT2D eigenvalue weighted by atomic mass is 9.97. The maximum absolute atomic E-state index is 13.0. The second kappa shape index (κ2) is 10.2. The van der Waals surface area contributed by atoms with E-state index < -0.39 is 0 Å². The number of likely N-dealkylation sites (tertiary alicyclic amines) is 1. The van der Waals surface area contributed by atoms with Crippen LogP contribution in [0.4, 0.5) is 0 Å². The molecule has 4 rings (SSSR count). The molecule has 0 saturated carbocycles. The molecular formula is C28H33NO5. The lowest BCUT2D eigenvalue weighted by Crippen LogP contribution is -2.36. The van der Waals surface area contributed by atoms with Crippen LogP contribution in [0.25, 0.3) is 27.7 Å². The first kappa shape index (κ1) is 23.7. The van der Waals surface area contributed by atoms with Crippen molar-refractivity contribution in [2.24, 2.45) is 5.92 Å². The summed E-state index contributed by atoms with van der Waals surface area (Å²) in [6, 6.07) is 9.75. The molecule has 0 spiro atoms. The van der Waals surface area contributed by atoms with Crippen LogP contribution in [-0.4, -0.2) is 44.7 Å². The molecule has 1 fully saturated rings. The molecule has 180 valence electrons. The van der Waals surface area contributed by atoms with Crippen molar-refractivity contribution in [1.29, 1.82) is 0 Å². The fourth-order valence-corrected chi connectivity index (χ4v) is 4.45. The second-order valence-corrected chi connectivity index (χ2v) is 8.83. The largest absolute Gasteiger partial charge is 0.493 e. The van der Waals surface area contributed by atoms with Gasteiger partial charge in [-0.2, -0.15) is 0 Å². The number of hydrogen-bond acceptors (Lipinski definition) is 5. The van der Waals surface area contributed by atoms with Crippen LogP contribution in [0.5, 0.6) is 17.2 Å². The maximum Gasteiger partial charge on any atom is 0.246 e. The number of rotatable bonds is 7. The minimum absolute atomic E-state index is 0.0549. The Kier molecular flexibility index (Phi) is 7.15. The van der Waals surface area contributed by atoms with Gasteiger partial charge >= 0.3 is 0 Å². The number of nitrogens with zero attached hydrogens (tertiary/aromatic N) is 1. The van der Waals surface area contributed by atoms with E-state index in [1.165, 1.54) is 0 Å². The first-order valence-electron chi connectivity index (χ1n) is 11.8. The van der Waals surface area contributed by atoms with E-state index in [0.29, 0.717) is 29.8 Å². The SMILES string of the molecule is CCOc1cc2occ(-c3ccc(OC)c(OC)c3)c2cc1/C(C)=C/C(=O)N1CCC(C)CC1. The van der Waals surface area contributed by atoms with Gasteiger partial charge in [-0.15, -0.1) is 0 Å². The first-order valence-corrected chi connectivity index (χ1v) is 11.8. The van der Waals surface area contributed by atoms with Gasteiger partial charge in [-0.05, 0) is 61.9 Å². The van der Waals surface area contributed by atoms with E-state index in [0.717, 1.165) is 59.2 Å².